The van der Waals surface area contributed by atoms with E-state index in [1.807, 2.05) is 55.5 Å². The third-order valence-electron chi connectivity index (χ3n) is 5.90. The van der Waals surface area contributed by atoms with Gasteiger partial charge in [0.25, 0.3) is 5.91 Å². The van der Waals surface area contributed by atoms with Crippen LogP contribution in [0.15, 0.2) is 72.8 Å². The number of hydrogen-bond donors (Lipinski definition) is 0. The fourth-order valence-corrected chi connectivity index (χ4v) is 4.07. The number of likely N-dealkylation sites (N-methyl/N-ethyl adjacent to an activating group) is 1. The van der Waals surface area contributed by atoms with Crippen molar-refractivity contribution in [2.45, 2.75) is 26.4 Å². The number of ether oxygens (including phenoxy) is 2. The second-order valence-electron chi connectivity index (χ2n) is 8.62. The molecule has 0 aromatic heterocycles. The van der Waals surface area contributed by atoms with E-state index >= 15 is 0 Å². The second-order valence-corrected chi connectivity index (χ2v) is 8.62. The number of fused-ring (bicyclic) bond motifs is 1. The highest BCUT2D eigenvalue weighted by molar-refractivity contribution is 6.05. The summed E-state index contributed by atoms with van der Waals surface area (Å²) in [6.45, 7) is 3.74. The topological polar surface area (TPSA) is 76.2 Å². The van der Waals surface area contributed by atoms with Crippen molar-refractivity contribution in [3.8, 4) is 11.5 Å². The third kappa shape index (κ3) is 5.51. The van der Waals surface area contributed by atoms with Crippen LogP contribution in [0.25, 0.3) is 0 Å². The molecule has 0 aliphatic carbocycles. The van der Waals surface area contributed by atoms with E-state index < -0.39 is 6.04 Å². The average Bonchev–Trinajstić information content (AvgIpc) is 2.86. The Balaban J connectivity index is 1.52. The summed E-state index contributed by atoms with van der Waals surface area (Å²) in [7, 11) is 1.71. The molecule has 35 heavy (non-hydrogen) atoms. The molecule has 1 atom stereocenters. The number of nitrogens with zero attached hydrogens (tertiary/aromatic N) is 2. The van der Waals surface area contributed by atoms with Crippen LogP contribution in [0, 0.1) is 6.92 Å². The van der Waals surface area contributed by atoms with Crippen LogP contribution in [0.3, 0.4) is 0 Å². The molecule has 7 nitrogen and oxygen atoms in total. The average molecular weight is 473 g/mol. The maximum Gasteiger partial charge on any atom is 0.265 e. The summed E-state index contributed by atoms with van der Waals surface area (Å²) in [6, 6.07) is 21.2. The normalized spacial score (nSPS) is 13.5. The van der Waals surface area contributed by atoms with Gasteiger partial charge in [-0.1, -0.05) is 42.5 Å². The predicted octanol–water partition coefficient (Wildman–Crippen LogP) is 4.03. The van der Waals surface area contributed by atoms with Crippen molar-refractivity contribution in [2.75, 3.05) is 25.2 Å². The lowest BCUT2D eigenvalue weighted by Gasteiger charge is -2.35. The quantitative estimate of drug-likeness (QED) is 0.463. The number of rotatable bonds is 8. The lowest BCUT2D eigenvalue weighted by Crippen LogP contribution is -2.51. The van der Waals surface area contributed by atoms with Crippen LogP contribution < -0.4 is 14.4 Å². The molecule has 4 rings (SSSR count). The number of carbonyl (C=O) groups is 3. The van der Waals surface area contributed by atoms with Gasteiger partial charge in [0.05, 0.1) is 5.69 Å². The van der Waals surface area contributed by atoms with E-state index in [0.717, 1.165) is 11.1 Å². The lowest BCUT2D eigenvalue weighted by atomic mass is 10.1. The van der Waals surface area contributed by atoms with Gasteiger partial charge in [0.2, 0.25) is 5.91 Å². The van der Waals surface area contributed by atoms with Crippen LogP contribution in [0.2, 0.25) is 0 Å². The minimum Gasteiger partial charge on any atom is -0.485 e. The number of amides is 2. The molecule has 0 spiro atoms. The molecule has 0 bridgehead atoms. The summed E-state index contributed by atoms with van der Waals surface area (Å²) in [6.07, 6.45) is 0. The molecular weight excluding hydrogens is 444 g/mol. The van der Waals surface area contributed by atoms with Gasteiger partial charge in [0.1, 0.15) is 17.5 Å². The van der Waals surface area contributed by atoms with Crippen LogP contribution in [-0.2, 0) is 16.1 Å². The molecule has 1 heterocycles. The number of Topliss-reactive ketones (excluding diaryl/α,β-unsaturated/α-hetero) is 1. The second kappa shape index (κ2) is 10.4. The first-order valence-electron chi connectivity index (χ1n) is 11.4. The molecular formula is C28H28N2O5. The van der Waals surface area contributed by atoms with Crippen LogP contribution in [-0.4, -0.2) is 48.8 Å². The Morgan fingerprint density at radius 2 is 1.83 bits per heavy atom. The molecule has 7 heteroatoms. The number of aryl methyl sites for hydroxylation is 1. The van der Waals surface area contributed by atoms with Crippen molar-refractivity contribution in [1.29, 1.82) is 0 Å². The highest BCUT2D eigenvalue weighted by atomic mass is 16.5. The van der Waals surface area contributed by atoms with Gasteiger partial charge in [0, 0.05) is 19.2 Å². The zero-order valence-corrected chi connectivity index (χ0v) is 20.1. The molecule has 3 aromatic rings. The Kier molecular flexibility index (Phi) is 7.15. The van der Waals surface area contributed by atoms with Crippen LogP contribution >= 0.6 is 0 Å². The van der Waals surface area contributed by atoms with Crippen LogP contribution in [0.4, 0.5) is 5.69 Å². The molecule has 0 saturated carbocycles. The van der Waals surface area contributed by atoms with E-state index in [9.17, 15) is 14.4 Å². The summed E-state index contributed by atoms with van der Waals surface area (Å²) in [5, 5.41) is 0. The van der Waals surface area contributed by atoms with Crippen LogP contribution in [0.5, 0.6) is 11.5 Å². The van der Waals surface area contributed by atoms with Crippen molar-refractivity contribution in [2.24, 2.45) is 0 Å². The molecule has 0 saturated heterocycles. The summed E-state index contributed by atoms with van der Waals surface area (Å²) >= 11 is 0. The van der Waals surface area contributed by atoms with Crippen molar-refractivity contribution < 1.29 is 23.9 Å². The van der Waals surface area contributed by atoms with E-state index in [2.05, 4.69) is 0 Å². The van der Waals surface area contributed by atoms with Gasteiger partial charge in [-0.15, -0.1) is 0 Å². The molecule has 1 aliphatic heterocycles. The Hall–Kier alpha value is -4.13. The van der Waals surface area contributed by atoms with E-state index in [0.29, 0.717) is 29.3 Å². The van der Waals surface area contributed by atoms with Crippen molar-refractivity contribution in [3.05, 3.63) is 89.5 Å². The smallest absolute Gasteiger partial charge is 0.265 e. The minimum absolute atomic E-state index is 0.147. The highest BCUT2D eigenvalue weighted by Crippen LogP contribution is 2.35. The first-order valence-corrected chi connectivity index (χ1v) is 11.4. The molecule has 2 amide bonds. The number of anilines is 1. The van der Waals surface area contributed by atoms with E-state index in [-0.39, 0.29) is 30.8 Å². The first kappa shape index (κ1) is 24.0. The lowest BCUT2D eigenvalue weighted by molar-refractivity contribution is -0.134. The standard InChI is InChI=1S/C28H28N2O5/c1-19-8-7-11-23(14-19)34-17-25(31)22-12-13-26-24(15-22)30(27(32)18-35-26)20(2)28(33)29(3)16-21-9-5-4-6-10-21/h4-15,20H,16-18H2,1-3H3/t20-/m1/s1. The molecule has 3 aromatic carbocycles. The fraction of sp³-hybridized carbons (Fsp3) is 0.250. The Morgan fingerprint density at radius 1 is 1.06 bits per heavy atom. The molecule has 0 N–H and O–H groups in total. The summed E-state index contributed by atoms with van der Waals surface area (Å²) in [5.74, 6) is 0.261. The summed E-state index contributed by atoms with van der Waals surface area (Å²) in [5.41, 5.74) is 2.80. The van der Waals surface area contributed by atoms with E-state index in [1.165, 1.54) is 4.90 Å². The number of benzene rings is 3. The summed E-state index contributed by atoms with van der Waals surface area (Å²) < 4.78 is 11.2. The van der Waals surface area contributed by atoms with Gasteiger partial charge >= 0.3 is 0 Å². The minimum atomic E-state index is -0.771. The van der Waals surface area contributed by atoms with Crippen molar-refractivity contribution >= 4 is 23.3 Å². The van der Waals surface area contributed by atoms with Gasteiger partial charge in [0.15, 0.2) is 19.0 Å². The Labute approximate surface area is 204 Å². The Morgan fingerprint density at radius 3 is 2.57 bits per heavy atom. The molecule has 180 valence electrons. The van der Waals surface area contributed by atoms with E-state index in [1.54, 1.807) is 43.1 Å². The van der Waals surface area contributed by atoms with E-state index in [4.69, 9.17) is 9.47 Å². The molecule has 0 fully saturated rings. The highest BCUT2D eigenvalue weighted by Gasteiger charge is 2.35. The van der Waals surface area contributed by atoms with Crippen molar-refractivity contribution in [3.63, 3.8) is 0 Å². The maximum absolute atomic E-state index is 13.2. The summed E-state index contributed by atoms with van der Waals surface area (Å²) in [4.78, 5) is 41.9. The first-order chi connectivity index (χ1) is 16.8. The van der Waals surface area contributed by atoms with Gasteiger partial charge in [-0.25, -0.2) is 0 Å². The van der Waals surface area contributed by atoms with Gasteiger partial charge in [-0.2, -0.15) is 0 Å². The largest absolute Gasteiger partial charge is 0.485 e. The SMILES string of the molecule is Cc1cccc(OCC(=O)c2ccc3c(c2)N([C@H](C)C(=O)N(C)Cc2ccccc2)C(=O)CO3)c1. The zero-order chi connectivity index (χ0) is 24.9. The Bertz CT molecular complexity index is 1240. The molecule has 1 aliphatic rings. The van der Waals surface area contributed by atoms with Gasteiger partial charge in [-0.3, -0.25) is 19.3 Å². The van der Waals surface area contributed by atoms with Crippen LogP contribution in [0.1, 0.15) is 28.4 Å². The van der Waals surface area contributed by atoms with Crippen molar-refractivity contribution in [1.82, 2.24) is 4.90 Å². The molecule has 0 radical (unpaired) electrons. The number of carbonyl (C=O) groups excluding carboxylic acids is 3. The zero-order valence-electron chi connectivity index (χ0n) is 20.1. The third-order valence-corrected chi connectivity index (χ3v) is 5.90. The fourth-order valence-electron chi connectivity index (χ4n) is 4.07. The predicted molar refractivity (Wildman–Crippen MR) is 133 cm³/mol. The number of ketones is 1. The van der Waals surface area contributed by atoms with Gasteiger partial charge < -0.3 is 14.4 Å². The molecule has 0 unspecified atom stereocenters. The van der Waals surface area contributed by atoms with Gasteiger partial charge in [-0.05, 0) is 55.3 Å². The monoisotopic (exact) mass is 472 g/mol. The maximum atomic E-state index is 13.2. The number of hydrogen-bond acceptors (Lipinski definition) is 5.